The maximum absolute atomic E-state index is 13.2. The lowest BCUT2D eigenvalue weighted by Gasteiger charge is -2.67. The van der Waals surface area contributed by atoms with Gasteiger partial charge >= 0.3 is 5.63 Å². The monoisotopic (exact) mass is 483 g/mol. The van der Waals surface area contributed by atoms with Gasteiger partial charge in [-0.05, 0) is 56.6 Å². The fourth-order valence-corrected chi connectivity index (χ4v) is 7.83. The number of rotatable bonds is 1. The summed E-state index contributed by atoms with van der Waals surface area (Å²) >= 11 is 0. The Balaban J connectivity index is 1.45. The minimum atomic E-state index is -1.14. The first kappa shape index (κ1) is 23.2. The summed E-state index contributed by atoms with van der Waals surface area (Å²) in [5.41, 5.74) is -1.70. The number of aliphatic hydroxyl groups is 2. The highest BCUT2D eigenvalue weighted by Crippen LogP contribution is 2.67. The molecule has 0 unspecified atom stereocenters. The molecule has 4 heterocycles. The molecule has 0 spiro atoms. The highest BCUT2D eigenvalue weighted by molar-refractivity contribution is 5.59. The van der Waals surface area contributed by atoms with Gasteiger partial charge in [-0.15, -0.1) is 0 Å². The maximum Gasteiger partial charge on any atom is 0.345 e. The minimum absolute atomic E-state index is 0.0100. The molecule has 2 aliphatic heterocycles. The quantitative estimate of drug-likeness (QED) is 0.635. The Morgan fingerprint density at radius 3 is 2.71 bits per heavy atom. The van der Waals surface area contributed by atoms with Crippen molar-refractivity contribution in [2.24, 2.45) is 22.7 Å². The van der Waals surface area contributed by atoms with Gasteiger partial charge in [-0.3, -0.25) is 4.98 Å². The zero-order valence-electron chi connectivity index (χ0n) is 20.6. The molecule has 188 valence electrons. The van der Waals surface area contributed by atoms with Crippen molar-refractivity contribution in [1.29, 1.82) is 0 Å². The van der Waals surface area contributed by atoms with Crippen molar-refractivity contribution in [3.05, 3.63) is 46.6 Å². The average Bonchev–Trinajstić information content (AvgIpc) is 2.81. The van der Waals surface area contributed by atoms with E-state index in [1.54, 1.807) is 30.6 Å². The highest BCUT2D eigenvalue weighted by atomic mass is 16.7. The minimum Gasteiger partial charge on any atom is -0.484 e. The van der Waals surface area contributed by atoms with Gasteiger partial charge in [0.1, 0.15) is 22.7 Å². The molecular formula is C27H33NO7. The second kappa shape index (κ2) is 7.62. The molecule has 8 heteroatoms. The summed E-state index contributed by atoms with van der Waals surface area (Å²) in [6.45, 7) is 8.63. The van der Waals surface area contributed by atoms with Gasteiger partial charge in [0.15, 0.2) is 6.29 Å². The van der Waals surface area contributed by atoms with Crippen LogP contribution in [0.15, 0.2) is 39.8 Å². The van der Waals surface area contributed by atoms with E-state index in [0.29, 0.717) is 24.4 Å². The van der Waals surface area contributed by atoms with Gasteiger partial charge in [-0.25, -0.2) is 4.79 Å². The number of hydrogen-bond acceptors (Lipinski definition) is 8. The molecule has 35 heavy (non-hydrogen) atoms. The van der Waals surface area contributed by atoms with Crippen molar-refractivity contribution in [1.82, 2.24) is 4.98 Å². The molecule has 3 fully saturated rings. The predicted octanol–water partition coefficient (Wildman–Crippen LogP) is 3.45. The van der Waals surface area contributed by atoms with Crippen LogP contribution in [0.5, 0.6) is 5.75 Å². The van der Waals surface area contributed by atoms with Gasteiger partial charge in [-0.2, -0.15) is 0 Å². The Kier molecular flexibility index (Phi) is 5.04. The molecule has 0 aromatic carbocycles. The van der Waals surface area contributed by atoms with Crippen molar-refractivity contribution in [3.8, 4) is 17.1 Å². The summed E-state index contributed by atoms with van der Waals surface area (Å²) in [5.74, 6) is 0.0611. The van der Waals surface area contributed by atoms with E-state index in [9.17, 15) is 15.0 Å². The van der Waals surface area contributed by atoms with E-state index in [1.165, 1.54) is 0 Å². The Labute approximate surface area is 204 Å². The molecule has 2 aliphatic carbocycles. The summed E-state index contributed by atoms with van der Waals surface area (Å²) in [4.78, 5) is 17.3. The van der Waals surface area contributed by atoms with Gasteiger partial charge in [-0.1, -0.05) is 13.8 Å². The second-order valence-electron chi connectivity index (χ2n) is 11.5. The van der Waals surface area contributed by atoms with Gasteiger partial charge in [0.05, 0.1) is 24.9 Å². The number of pyridine rings is 1. The molecule has 8 nitrogen and oxygen atoms in total. The van der Waals surface area contributed by atoms with E-state index in [2.05, 4.69) is 18.8 Å². The van der Waals surface area contributed by atoms with Gasteiger partial charge in [0, 0.05) is 35.4 Å². The molecule has 0 radical (unpaired) electrons. The van der Waals surface area contributed by atoms with Crippen molar-refractivity contribution in [2.75, 3.05) is 6.61 Å². The van der Waals surface area contributed by atoms with Crippen LogP contribution in [0.25, 0.3) is 11.3 Å². The molecule has 0 amide bonds. The van der Waals surface area contributed by atoms with Crippen LogP contribution in [0.1, 0.15) is 58.6 Å². The second-order valence-corrected chi connectivity index (χ2v) is 11.5. The Hall–Kier alpha value is -2.26. The van der Waals surface area contributed by atoms with E-state index in [0.717, 1.165) is 12.8 Å². The molecule has 2 N–H and O–H groups in total. The summed E-state index contributed by atoms with van der Waals surface area (Å²) in [7, 11) is 0. The first-order valence-electron chi connectivity index (χ1n) is 12.5. The largest absolute Gasteiger partial charge is 0.484 e. The first-order chi connectivity index (χ1) is 16.6. The fraction of sp³-hybridized carbons (Fsp3) is 0.630. The number of aliphatic hydroxyl groups excluding tert-OH is 2. The van der Waals surface area contributed by atoms with Crippen molar-refractivity contribution in [3.63, 3.8) is 0 Å². The highest BCUT2D eigenvalue weighted by Gasteiger charge is 2.69. The zero-order valence-corrected chi connectivity index (χ0v) is 20.6. The van der Waals surface area contributed by atoms with Crippen molar-refractivity contribution >= 4 is 0 Å². The van der Waals surface area contributed by atoms with Crippen molar-refractivity contribution < 1.29 is 28.8 Å². The summed E-state index contributed by atoms with van der Waals surface area (Å²) < 4.78 is 24.2. The number of fused-ring (bicyclic) bond motifs is 6. The number of hydrogen-bond donors (Lipinski definition) is 2. The van der Waals surface area contributed by atoms with Crippen LogP contribution in [0.4, 0.5) is 0 Å². The molecular weight excluding hydrogens is 450 g/mol. The fourth-order valence-electron chi connectivity index (χ4n) is 7.83. The van der Waals surface area contributed by atoms with Crippen LogP contribution in [-0.2, 0) is 9.47 Å². The Morgan fingerprint density at radius 2 is 1.97 bits per heavy atom. The van der Waals surface area contributed by atoms with Crippen molar-refractivity contribution in [2.45, 2.75) is 77.2 Å². The molecule has 2 saturated carbocycles. The van der Waals surface area contributed by atoms with E-state index in [-0.39, 0.29) is 35.0 Å². The molecule has 0 bridgehead atoms. The molecule has 1 saturated heterocycles. The first-order valence-corrected chi connectivity index (χ1v) is 12.5. The molecule has 2 aromatic heterocycles. The summed E-state index contributed by atoms with van der Waals surface area (Å²) in [5, 5.41) is 23.3. The van der Waals surface area contributed by atoms with E-state index in [1.807, 2.05) is 13.8 Å². The van der Waals surface area contributed by atoms with Gasteiger partial charge < -0.3 is 28.8 Å². The SMILES string of the molecule is C[C@@H]1OC[C@@]2(C)[C@@H]3C[C@H](O)[C@@]4(C)Oc5cc(-c6cccnc6)oc(=O)c5[C@H](O)[C@@H]4[C@@]3(C)CC[C@@H]2O1. The van der Waals surface area contributed by atoms with Gasteiger partial charge in [0.25, 0.3) is 0 Å². The Morgan fingerprint density at radius 1 is 1.17 bits per heavy atom. The van der Waals surface area contributed by atoms with E-state index >= 15 is 0 Å². The molecule has 2 aromatic rings. The lowest BCUT2D eigenvalue weighted by Crippen LogP contribution is -2.71. The average molecular weight is 484 g/mol. The molecule has 6 rings (SSSR count). The lowest BCUT2D eigenvalue weighted by molar-refractivity contribution is -0.323. The summed E-state index contributed by atoms with van der Waals surface area (Å²) in [6, 6.07) is 5.17. The predicted molar refractivity (Wildman–Crippen MR) is 126 cm³/mol. The number of aromatic nitrogens is 1. The van der Waals surface area contributed by atoms with E-state index in [4.69, 9.17) is 18.6 Å². The molecule has 4 aliphatic rings. The van der Waals surface area contributed by atoms with Gasteiger partial charge in [0.2, 0.25) is 0 Å². The normalized spacial score (nSPS) is 44.3. The third-order valence-electron chi connectivity index (χ3n) is 9.54. The third kappa shape index (κ3) is 3.13. The number of nitrogens with zero attached hydrogens (tertiary/aromatic N) is 1. The van der Waals surface area contributed by atoms with Crippen LogP contribution >= 0.6 is 0 Å². The summed E-state index contributed by atoms with van der Waals surface area (Å²) in [6.07, 6.45) is 3.10. The van der Waals surface area contributed by atoms with Crippen LogP contribution in [0, 0.1) is 22.7 Å². The zero-order chi connectivity index (χ0) is 24.8. The number of ether oxygens (including phenoxy) is 3. The van der Waals surface area contributed by atoms with Crippen LogP contribution in [0.3, 0.4) is 0 Å². The Bertz CT molecular complexity index is 1200. The molecule has 9 atom stereocenters. The third-order valence-corrected chi connectivity index (χ3v) is 9.54. The lowest BCUT2D eigenvalue weighted by atomic mass is 9.42. The van der Waals surface area contributed by atoms with Crippen LogP contribution in [0.2, 0.25) is 0 Å². The smallest absolute Gasteiger partial charge is 0.345 e. The van der Waals surface area contributed by atoms with Crippen LogP contribution < -0.4 is 10.4 Å². The van der Waals surface area contributed by atoms with Crippen LogP contribution in [-0.4, -0.2) is 45.9 Å². The standard InChI is InChI=1S/C27H33NO7/c1-14-32-13-26(3)18-11-19(29)27(4)23(25(18,2)8-7-20(26)33-14)22(30)21-17(35-27)10-16(34-24(21)31)15-6-5-9-28-12-15/h5-6,9-10,12,14,18-20,22-23,29-30H,7-8,11,13H2,1-4H3/t14-,18-,19+,20+,22+,23-,25+,26+,27-/m1/s1. The maximum atomic E-state index is 13.2. The topological polar surface area (TPSA) is 111 Å². The van der Waals surface area contributed by atoms with E-state index < -0.39 is 34.8 Å².